The standard InChI is InChI=1S/C15H11Cl2N3OS/c16-12-7-18-20(15(21)14(12)17)8-11-9-22-13(19-11)6-10-4-2-1-3-5-10/h1-5,7,9H,6,8H2. The van der Waals surface area contributed by atoms with Crippen molar-refractivity contribution in [2.75, 3.05) is 0 Å². The molecule has 0 amide bonds. The van der Waals surface area contributed by atoms with E-state index in [9.17, 15) is 4.79 Å². The first kappa shape index (κ1) is 15.2. The van der Waals surface area contributed by atoms with Gasteiger partial charge in [0, 0.05) is 11.8 Å². The normalized spacial score (nSPS) is 10.8. The second-order valence-corrected chi connectivity index (χ2v) is 6.39. The van der Waals surface area contributed by atoms with E-state index in [1.54, 1.807) is 11.3 Å². The first-order valence-corrected chi connectivity index (χ1v) is 8.15. The predicted molar refractivity (Wildman–Crippen MR) is 89.0 cm³/mol. The van der Waals surface area contributed by atoms with Gasteiger partial charge in [-0.05, 0) is 5.56 Å². The Kier molecular flexibility index (Phi) is 4.57. The molecule has 0 unspecified atom stereocenters. The van der Waals surface area contributed by atoms with Crippen LogP contribution < -0.4 is 5.56 Å². The average molecular weight is 352 g/mol. The minimum atomic E-state index is -0.410. The molecule has 0 saturated heterocycles. The summed E-state index contributed by atoms with van der Waals surface area (Å²) in [6.45, 7) is 0.279. The van der Waals surface area contributed by atoms with Gasteiger partial charge < -0.3 is 0 Å². The Morgan fingerprint density at radius 1 is 1.18 bits per heavy atom. The maximum atomic E-state index is 12.0. The number of aromatic nitrogens is 3. The van der Waals surface area contributed by atoms with Crippen molar-refractivity contribution in [3.8, 4) is 0 Å². The Labute approximate surface area is 141 Å². The van der Waals surface area contributed by atoms with Gasteiger partial charge in [-0.15, -0.1) is 11.3 Å². The molecule has 0 bridgehead atoms. The summed E-state index contributed by atoms with van der Waals surface area (Å²) in [5.41, 5.74) is 1.57. The molecule has 0 radical (unpaired) electrons. The van der Waals surface area contributed by atoms with Crippen molar-refractivity contribution in [2.45, 2.75) is 13.0 Å². The first-order chi connectivity index (χ1) is 10.6. The van der Waals surface area contributed by atoms with Crippen LogP contribution in [0.5, 0.6) is 0 Å². The van der Waals surface area contributed by atoms with Gasteiger partial charge in [-0.1, -0.05) is 53.5 Å². The highest BCUT2D eigenvalue weighted by Gasteiger charge is 2.10. The van der Waals surface area contributed by atoms with E-state index in [2.05, 4.69) is 22.2 Å². The maximum absolute atomic E-state index is 12.0. The molecule has 4 nitrogen and oxygen atoms in total. The first-order valence-electron chi connectivity index (χ1n) is 6.52. The molecule has 0 atom stereocenters. The topological polar surface area (TPSA) is 47.8 Å². The molecule has 3 aromatic rings. The van der Waals surface area contributed by atoms with Gasteiger partial charge >= 0.3 is 0 Å². The molecule has 2 heterocycles. The lowest BCUT2D eigenvalue weighted by atomic mass is 10.2. The second kappa shape index (κ2) is 6.60. The number of halogens is 2. The second-order valence-electron chi connectivity index (χ2n) is 4.66. The van der Waals surface area contributed by atoms with Crippen LogP contribution in [0.15, 0.2) is 46.7 Å². The lowest BCUT2D eigenvalue weighted by Crippen LogP contribution is -2.23. The molecule has 112 valence electrons. The van der Waals surface area contributed by atoms with Crippen LogP contribution in [0, 0.1) is 0 Å². The van der Waals surface area contributed by atoms with Gasteiger partial charge in [-0.25, -0.2) is 9.67 Å². The van der Waals surface area contributed by atoms with Crippen molar-refractivity contribution in [3.05, 3.63) is 78.6 Å². The Morgan fingerprint density at radius 3 is 2.73 bits per heavy atom. The van der Waals surface area contributed by atoms with Crippen LogP contribution in [0.4, 0.5) is 0 Å². The number of hydrogen-bond acceptors (Lipinski definition) is 4. The lowest BCUT2D eigenvalue weighted by Gasteiger charge is -2.03. The van der Waals surface area contributed by atoms with Crippen LogP contribution in [0.3, 0.4) is 0 Å². The predicted octanol–water partition coefficient (Wildman–Crippen LogP) is 3.65. The number of thiazole rings is 1. The van der Waals surface area contributed by atoms with E-state index in [-0.39, 0.29) is 16.6 Å². The highest BCUT2D eigenvalue weighted by Crippen LogP contribution is 2.17. The van der Waals surface area contributed by atoms with Crippen LogP contribution in [0.1, 0.15) is 16.3 Å². The van der Waals surface area contributed by atoms with Crippen molar-refractivity contribution in [2.24, 2.45) is 0 Å². The SMILES string of the molecule is O=c1c(Cl)c(Cl)cnn1Cc1csc(Cc2ccccc2)n1. The van der Waals surface area contributed by atoms with Crippen LogP contribution >= 0.6 is 34.5 Å². The van der Waals surface area contributed by atoms with E-state index in [1.165, 1.54) is 16.4 Å². The fraction of sp³-hybridized carbons (Fsp3) is 0.133. The lowest BCUT2D eigenvalue weighted by molar-refractivity contribution is 0.629. The maximum Gasteiger partial charge on any atom is 0.287 e. The summed E-state index contributed by atoms with van der Waals surface area (Å²) in [5, 5.41) is 7.04. The summed E-state index contributed by atoms with van der Waals surface area (Å²) < 4.78 is 1.26. The third-order valence-corrected chi connectivity index (χ3v) is 4.70. The van der Waals surface area contributed by atoms with Crippen LogP contribution in [0.2, 0.25) is 10.0 Å². The van der Waals surface area contributed by atoms with E-state index in [1.807, 2.05) is 23.6 Å². The number of benzene rings is 1. The highest BCUT2D eigenvalue weighted by molar-refractivity contribution is 7.09. The fourth-order valence-corrected chi connectivity index (χ4v) is 3.07. The molecule has 0 N–H and O–H groups in total. The van der Waals surface area contributed by atoms with Crippen molar-refractivity contribution < 1.29 is 0 Å². The van der Waals surface area contributed by atoms with Gasteiger partial charge in [-0.2, -0.15) is 5.10 Å². The molecule has 0 aliphatic rings. The van der Waals surface area contributed by atoms with E-state index >= 15 is 0 Å². The molecular formula is C15H11Cl2N3OS. The molecule has 0 saturated carbocycles. The molecule has 1 aromatic carbocycles. The summed E-state index contributed by atoms with van der Waals surface area (Å²) in [5.74, 6) is 0. The number of nitrogens with zero attached hydrogens (tertiary/aromatic N) is 3. The van der Waals surface area contributed by atoms with Crippen molar-refractivity contribution in [3.63, 3.8) is 0 Å². The van der Waals surface area contributed by atoms with Crippen LogP contribution in [-0.4, -0.2) is 14.8 Å². The van der Waals surface area contributed by atoms with Gasteiger partial charge in [0.2, 0.25) is 0 Å². The molecule has 22 heavy (non-hydrogen) atoms. The summed E-state index contributed by atoms with van der Waals surface area (Å²) >= 11 is 13.2. The van der Waals surface area contributed by atoms with Gasteiger partial charge in [0.05, 0.1) is 28.5 Å². The third kappa shape index (κ3) is 3.38. The van der Waals surface area contributed by atoms with Crippen molar-refractivity contribution in [1.29, 1.82) is 0 Å². The summed E-state index contributed by atoms with van der Waals surface area (Å²) in [4.78, 5) is 16.5. The molecule has 0 aliphatic heterocycles. The largest absolute Gasteiger partial charge is 0.287 e. The Hall–Kier alpha value is -1.69. The highest BCUT2D eigenvalue weighted by atomic mass is 35.5. The molecule has 7 heteroatoms. The summed E-state index contributed by atoms with van der Waals surface area (Å²) in [6, 6.07) is 10.1. The molecule has 0 aliphatic carbocycles. The fourth-order valence-electron chi connectivity index (χ4n) is 1.98. The van der Waals surface area contributed by atoms with Gasteiger partial charge in [0.25, 0.3) is 5.56 Å². The molecule has 2 aromatic heterocycles. The Bertz CT molecular complexity index is 845. The summed E-state index contributed by atoms with van der Waals surface area (Å²) in [7, 11) is 0. The molecule has 0 spiro atoms. The van der Waals surface area contributed by atoms with Crippen molar-refractivity contribution in [1.82, 2.24) is 14.8 Å². The van der Waals surface area contributed by atoms with Gasteiger partial charge in [-0.3, -0.25) is 4.79 Å². The van der Waals surface area contributed by atoms with E-state index in [0.717, 1.165) is 17.1 Å². The van der Waals surface area contributed by atoms with Crippen LogP contribution in [-0.2, 0) is 13.0 Å². The molecule has 3 rings (SSSR count). The quantitative estimate of drug-likeness (QED) is 0.720. The van der Waals surface area contributed by atoms with Crippen LogP contribution in [0.25, 0.3) is 0 Å². The zero-order valence-corrected chi connectivity index (χ0v) is 13.7. The number of hydrogen-bond donors (Lipinski definition) is 0. The zero-order valence-electron chi connectivity index (χ0n) is 11.4. The molecular weight excluding hydrogens is 341 g/mol. The van der Waals surface area contributed by atoms with Gasteiger partial charge in [0.1, 0.15) is 5.02 Å². The van der Waals surface area contributed by atoms with E-state index in [0.29, 0.717) is 0 Å². The minimum absolute atomic E-state index is 0.0172. The molecule has 0 fully saturated rings. The van der Waals surface area contributed by atoms with Crippen molar-refractivity contribution >= 4 is 34.5 Å². The Morgan fingerprint density at radius 2 is 1.95 bits per heavy atom. The number of rotatable bonds is 4. The Balaban J connectivity index is 1.78. The average Bonchev–Trinajstić information content (AvgIpc) is 2.96. The smallest absolute Gasteiger partial charge is 0.266 e. The minimum Gasteiger partial charge on any atom is -0.266 e. The third-order valence-electron chi connectivity index (χ3n) is 3.05. The zero-order chi connectivity index (χ0) is 15.5. The van der Waals surface area contributed by atoms with E-state index in [4.69, 9.17) is 23.2 Å². The summed E-state index contributed by atoms with van der Waals surface area (Å²) in [6.07, 6.45) is 2.14. The van der Waals surface area contributed by atoms with Gasteiger partial charge in [0.15, 0.2) is 0 Å². The van der Waals surface area contributed by atoms with E-state index < -0.39 is 5.56 Å². The monoisotopic (exact) mass is 351 g/mol.